The highest BCUT2D eigenvalue weighted by atomic mass is 16.3. The van der Waals surface area contributed by atoms with Crippen LogP contribution in [0.2, 0.25) is 0 Å². The van der Waals surface area contributed by atoms with Crippen molar-refractivity contribution in [3.05, 3.63) is 66.2 Å². The fraction of sp³-hybridized carbons (Fsp3) is 0.190. The lowest BCUT2D eigenvalue weighted by atomic mass is 10.1. The number of amides is 1. The molecule has 0 radical (unpaired) electrons. The van der Waals surface area contributed by atoms with Crippen molar-refractivity contribution in [2.24, 2.45) is 0 Å². The molecule has 0 unspecified atom stereocenters. The summed E-state index contributed by atoms with van der Waals surface area (Å²) < 4.78 is 5.95. The van der Waals surface area contributed by atoms with Gasteiger partial charge in [-0.1, -0.05) is 36.4 Å². The fourth-order valence-corrected chi connectivity index (χ4v) is 3.13. The number of carbonyl (C=O) groups is 1. The maximum Gasteiger partial charge on any atom is 0.287 e. The lowest BCUT2D eigenvalue weighted by molar-refractivity contribution is 0.0927. The van der Waals surface area contributed by atoms with Crippen LogP contribution in [0.5, 0.6) is 0 Å². The third-order valence-electron chi connectivity index (χ3n) is 4.52. The van der Waals surface area contributed by atoms with Gasteiger partial charge in [-0.15, -0.1) is 0 Å². The number of nitrogens with one attached hydrogen (secondary N) is 2. The first-order valence-corrected chi connectivity index (χ1v) is 8.94. The SMILES string of the molecule is Cc1c(C(=O)NCCCNc2ncccn2)oc2c1ccc1ccccc12. The molecule has 2 N–H and O–H groups in total. The van der Waals surface area contributed by atoms with Gasteiger partial charge in [0.05, 0.1) is 0 Å². The molecular formula is C21H20N4O2. The summed E-state index contributed by atoms with van der Waals surface area (Å²) >= 11 is 0. The van der Waals surface area contributed by atoms with Crippen molar-refractivity contribution >= 4 is 33.6 Å². The van der Waals surface area contributed by atoms with Crippen LogP contribution >= 0.6 is 0 Å². The Labute approximate surface area is 156 Å². The first-order valence-electron chi connectivity index (χ1n) is 8.94. The van der Waals surface area contributed by atoms with Crippen LogP contribution in [0.25, 0.3) is 21.7 Å². The van der Waals surface area contributed by atoms with Gasteiger partial charge in [0.1, 0.15) is 5.58 Å². The normalized spacial score (nSPS) is 11.0. The molecule has 0 aliphatic rings. The van der Waals surface area contributed by atoms with Gasteiger partial charge in [-0.2, -0.15) is 0 Å². The van der Waals surface area contributed by atoms with E-state index in [1.807, 2.05) is 37.3 Å². The number of carbonyl (C=O) groups excluding carboxylic acids is 1. The van der Waals surface area contributed by atoms with Crippen molar-refractivity contribution in [3.8, 4) is 0 Å². The standard InChI is InChI=1S/C21H20N4O2/c1-14-16-9-8-15-6-2-3-7-17(15)19(16)27-18(14)20(26)22-10-4-11-23-21-24-12-5-13-25-21/h2-3,5-9,12-13H,4,10-11H2,1H3,(H,22,26)(H,23,24,25). The average molecular weight is 360 g/mol. The van der Waals surface area contributed by atoms with Gasteiger partial charge in [-0.25, -0.2) is 9.97 Å². The van der Waals surface area contributed by atoms with Crippen molar-refractivity contribution in [2.75, 3.05) is 18.4 Å². The van der Waals surface area contributed by atoms with E-state index in [9.17, 15) is 4.79 Å². The molecule has 0 aliphatic carbocycles. The molecule has 0 fully saturated rings. The number of nitrogens with zero attached hydrogens (tertiary/aromatic N) is 2. The Morgan fingerprint density at radius 1 is 1.00 bits per heavy atom. The molecule has 6 heteroatoms. The minimum atomic E-state index is -0.191. The number of hydrogen-bond donors (Lipinski definition) is 2. The van der Waals surface area contributed by atoms with Gasteiger partial charge < -0.3 is 15.1 Å². The predicted octanol–water partition coefficient (Wildman–Crippen LogP) is 3.92. The van der Waals surface area contributed by atoms with E-state index in [0.29, 0.717) is 24.8 Å². The van der Waals surface area contributed by atoms with Crippen LogP contribution in [0.3, 0.4) is 0 Å². The predicted molar refractivity (Wildman–Crippen MR) is 106 cm³/mol. The zero-order valence-electron chi connectivity index (χ0n) is 15.0. The molecule has 0 spiro atoms. The monoisotopic (exact) mass is 360 g/mol. The zero-order chi connectivity index (χ0) is 18.6. The molecule has 2 heterocycles. The van der Waals surface area contributed by atoms with Crippen LogP contribution in [0, 0.1) is 6.92 Å². The van der Waals surface area contributed by atoms with Gasteiger partial charge in [0.2, 0.25) is 5.95 Å². The maximum atomic E-state index is 12.6. The molecule has 4 rings (SSSR count). The van der Waals surface area contributed by atoms with E-state index in [-0.39, 0.29) is 5.91 Å². The van der Waals surface area contributed by atoms with Crippen LogP contribution in [-0.4, -0.2) is 29.0 Å². The molecule has 2 aromatic heterocycles. The summed E-state index contributed by atoms with van der Waals surface area (Å²) in [6.45, 7) is 3.13. The number of furan rings is 1. The molecule has 136 valence electrons. The molecule has 0 saturated heterocycles. The van der Waals surface area contributed by atoms with E-state index in [1.54, 1.807) is 18.5 Å². The van der Waals surface area contributed by atoms with E-state index in [1.165, 1.54) is 0 Å². The largest absolute Gasteiger partial charge is 0.450 e. The number of rotatable bonds is 6. The molecular weight excluding hydrogens is 340 g/mol. The van der Waals surface area contributed by atoms with Crippen LogP contribution in [0.4, 0.5) is 5.95 Å². The second kappa shape index (κ2) is 7.45. The molecule has 0 aliphatic heterocycles. The minimum absolute atomic E-state index is 0.191. The van der Waals surface area contributed by atoms with Gasteiger partial charge in [0, 0.05) is 41.8 Å². The Morgan fingerprint density at radius 2 is 1.81 bits per heavy atom. The highest BCUT2D eigenvalue weighted by Gasteiger charge is 2.18. The molecule has 27 heavy (non-hydrogen) atoms. The molecule has 6 nitrogen and oxygen atoms in total. The van der Waals surface area contributed by atoms with Gasteiger partial charge in [-0.3, -0.25) is 4.79 Å². The van der Waals surface area contributed by atoms with Gasteiger partial charge in [0.25, 0.3) is 5.91 Å². The highest BCUT2D eigenvalue weighted by Crippen LogP contribution is 2.31. The summed E-state index contributed by atoms with van der Waals surface area (Å²) in [6, 6.07) is 13.9. The fourth-order valence-electron chi connectivity index (χ4n) is 3.13. The summed E-state index contributed by atoms with van der Waals surface area (Å²) in [5.74, 6) is 0.772. The second-order valence-corrected chi connectivity index (χ2v) is 6.33. The van der Waals surface area contributed by atoms with E-state index >= 15 is 0 Å². The molecule has 4 aromatic rings. The average Bonchev–Trinajstić information content (AvgIpc) is 3.05. The molecule has 0 atom stereocenters. The topological polar surface area (TPSA) is 80.0 Å². The van der Waals surface area contributed by atoms with Crippen LogP contribution in [0.15, 0.2) is 59.3 Å². The summed E-state index contributed by atoms with van der Waals surface area (Å²) in [6.07, 6.45) is 4.13. The highest BCUT2D eigenvalue weighted by molar-refractivity contribution is 6.08. The van der Waals surface area contributed by atoms with Crippen LogP contribution < -0.4 is 10.6 Å². The minimum Gasteiger partial charge on any atom is -0.450 e. The summed E-state index contributed by atoms with van der Waals surface area (Å²) in [7, 11) is 0. The van der Waals surface area contributed by atoms with E-state index in [0.717, 1.165) is 33.7 Å². The first kappa shape index (κ1) is 17.0. The molecule has 0 bridgehead atoms. The summed E-state index contributed by atoms with van der Waals surface area (Å²) in [5.41, 5.74) is 1.63. The summed E-state index contributed by atoms with van der Waals surface area (Å²) in [5, 5.41) is 9.12. The smallest absolute Gasteiger partial charge is 0.287 e. The summed E-state index contributed by atoms with van der Waals surface area (Å²) in [4.78, 5) is 20.7. The number of anilines is 1. The molecule has 0 saturated carbocycles. The number of fused-ring (bicyclic) bond motifs is 3. The number of benzene rings is 2. The van der Waals surface area contributed by atoms with Crippen LogP contribution in [0.1, 0.15) is 22.5 Å². The van der Waals surface area contributed by atoms with Crippen molar-refractivity contribution in [1.29, 1.82) is 0 Å². The Hall–Kier alpha value is -3.41. The Kier molecular flexibility index (Phi) is 4.70. The number of aromatic nitrogens is 2. The Morgan fingerprint density at radius 3 is 2.67 bits per heavy atom. The van der Waals surface area contributed by atoms with Crippen LogP contribution in [-0.2, 0) is 0 Å². The lowest BCUT2D eigenvalue weighted by Gasteiger charge is -2.05. The molecule has 2 aromatic carbocycles. The van der Waals surface area contributed by atoms with Gasteiger partial charge in [0.15, 0.2) is 5.76 Å². The van der Waals surface area contributed by atoms with E-state index in [4.69, 9.17) is 4.42 Å². The van der Waals surface area contributed by atoms with Crippen molar-refractivity contribution < 1.29 is 9.21 Å². The number of hydrogen-bond acceptors (Lipinski definition) is 5. The van der Waals surface area contributed by atoms with Gasteiger partial charge in [-0.05, 0) is 24.8 Å². The second-order valence-electron chi connectivity index (χ2n) is 6.33. The molecule has 1 amide bonds. The van der Waals surface area contributed by atoms with Gasteiger partial charge >= 0.3 is 0 Å². The van der Waals surface area contributed by atoms with Crippen molar-refractivity contribution in [2.45, 2.75) is 13.3 Å². The lowest BCUT2D eigenvalue weighted by Crippen LogP contribution is -2.26. The number of aryl methyl sites for hydroxylation is 1. The van der Waals surface area contributed by atoms with E-state index < -0.39 is 0 Å². The third-order valence-corrected chi connectivity index (χ3v) is 4.52. The van der Waals surface area contributed by atoms with E-state index in [2.05, 4.69) is 26.7 Å². The van der Waals surface area contributed by atoms with Crippen molar-refractivity contribution in [1.82, 2.24) is 15.3 Å². The quantitative estimate of drug-likeness (QED) is 0.510. The Balaban J connectivity index is 1.42. The third kappa shape index (κ3) is 3.46. The maximum absolute atomic E-state index is 12.6. The Bertz CT molecular complexity index is 1090. The zero-order valence-corrected chi connectivity index (χ0v) is 15.0. The first-order chi connectivity index (χ1) is 13.2. The van der Waals surface area contributed by atoms with Crippen molar-refractivity contribution in [3.63, 3.8) is 0 Å².